The van der Waals surface area contributed by atoms with Gasteiger partial charge in [-0.3, -0.25) is 9.88 Å². The van der Waals surface area contributed by atoms with Gasteiger partial charge < -0.3 is 5.73 Å². The molecule has 1 aromatic rings. The van der Waals surface area contributed by atoms with Gasteiger partial charge in [-0.05, 0) is 43.2 Å². The lowest BCUT2D eigenvalue weighted by atomic mass is 9.98. The molecule has 1 saturated heterocycles. The van der Waals surface area contributed by atoms with Gasteiger partial charge in [0.1, 0.15) is 0 Å². The number of nitrogens with zero attached hydrogens (tertiary/aromatic N) is 2. The number of rotatable bonds is 2. The van der Waals surface area contributed by atoms with Gasteiger partial charge in [0.05, 0.1) is 0 Å². The first-order chi connectivity index (χ1) is 8.22. The van der Waals surface area contributed by atoms with Crippen LogP contribution in [0.1, 0.15) is 24.1 Å². The van der Waals surface area contributed by atoms with Crippen LogP contribution in [-0.4, -0.2) is 29.0 Å². The van der Waals surface area contributed by atoms with Crippen LogP contribution < -0.4 is 5.73 Å². The molecule has 18 heavy (non-hydrogen) atoms. The van der Waals surface area contributed by atoms with Crippen LogP contribution >= 0.6 is 12.4 Å². The number of nitrogens with two attached hydrogens (primary N) is 1. The minimum Gasteiger partial charge on any atom is -0.327 e. The van der Waals surface area contributed by atoms with Gasteiger partial charge in [0.2, 0.25) is 0 Å². The number of aryl methyl sites for hydroxylation is 1. The molecule has 2 fully saturated rings. The summed E-state index contributed by atoms with van der Waals surface area (Å²) in [4.78, 5) is 6.90. The third-order valence-electron chi connectivity index (χ3n) is 4.37. The molecule has 0 spiro atoms. The summed E-state index contributed by atoms with van der Waals surface area (Å²) < 4.78 is 0. The topological polar surface area (TPSA) is 42.1 Å². The molecule has 3 unspecified atom stereocenters. The van der Waals surface area contributed by atoms with Crippen LogP contribution in [0.15, 0.2) is 18.3 Å². The summed E-state index contributed by atoms with van der Waals surface area (Å²) in [5.74, 6) is 1.59. The van der Waals surface area contributed by atoms with Crippen molar-refractivity contribution in [3.63, 3.8) is 0 Å². The van der Waals surface area contributed by atoms with Crippen LogP contribution in [0.25, 0.3) is 0 Å². The summed E-state index contributed by atoms with van der Waals surface area (Å²) in [5, 5.41) is 0. The predicted octanol–water partition coefficient (Wildman–Crippen LogP) is 1.98. The Morgan fingerprint density at radius 2 is 2.17 bits per heavy atom. The monoisotopic (exact) mass is 267 g/mol. The Labute approximate surface area is 115 Å². The highest BCUT2D eigenvalue weighted by atomic mass is 35.5. The van der Waals surface area contributed by atoms with Crippen molar-refractivity contribution in [3.05, 3.63) is 29.6 Å². The van der Waals surface area contributed by atoms with Crippen LogP contribution in [0.3, 0.4) is 0 Å². The molecule has 3 nitrogen and oxygen atoms in total. The van der Waals surface area contributed by atoms with Crippen molar-refractivity contribution in [2.75, 3.05) is 13.1 Å². The number of halogens is 1. The molecule has 0 aromatic carbocycles. The highest BCUT2D eigenvalue weighted by Gasteiger charge is 2.40. The number of likely N-dealkylation sites (tertiary alicyclic amines) is 1. The van der Waals surface area contributed by atoms with E-state index in [0.29, 0.717) is 6.04 Å². The summed E-state index contributed by atoms with van der Waals surface area (Å²) in [7, 11) is 0. The lowest BCUT2D eigenvalue weighted by Crippen LogP contribution is -2.30. The number of pyridine rings is 1. The first kappa shape index (κ1) is 13.8. The maximum Gasteiger partial charge on any atom is 0.0372 e. The molecule has 1 aromatic heterocycles. The van der Waals surface area contributed by atoms with E-state index in [0.717, 1.165) is 24.1 Å². The van der Waals surface area contributed by atoms with Gasteiger partial charge in [-0.25, -0.2) is 0 Å². The maximum absolute atomic E-state index is 6.16. The van der Waals surface area contributed by atoms with Gasteiger partial charge in [-0.1, -0.05) is 6.07 Å². The maximum atomic E-state index is 6.16. The zero-order valence-corrected chi connectivity index (χ0v) is 11.7. The molecule has 0 radical (unpaired) electrons. The summed E-state index contributed by atoms with van der Waals surface area (Å²) in [6.07, 6.45) is 4.56. The van der Waals surface area contributed by atoms with Crippen molar-refractivity contribution in [3.8, 4) is 0 Å². The van der Waals surface area contributed by atoms with Gasteiger partial charge in [0.15, 0.2) is 0 Å². The van der Waals surface area contributed by atoms with Crippen LogP contribution in [0, 0.1) is 18.8 Å². The van der Waals surface area contributed by atoms with Crippen LogP contribution in [0.2, 0.25) is 0 Å². The second-order valence-electron chi connectivity index (χ2n) is 5.67. The number of hydrogen-bond donors (Lipinski definition) is 1. The standard InChI is InChI=1S/C14H21N3.ClH/c1-10-2-3-11(6-16-10)7-17-8-12-4-5-14(15)13(12)9-17;/h2-3,6,12-14H,4-5,7-9,15H2,1H3;1H. The fraction of sp³-hybridized carbons (Fsp3) is 0.643. The quantitative estimate of drug-likeness (QED) is 0.891. The molecule has 0 amide bonds. The van der Waals surface area contributed by atoms with Crippen molar-refractivity contribution in [2.24, 2.45) is 17.6 Å². The summed E-state index contributed by atoms with van der Waals surface area (Å²) in [6, 6.07) is 4.73. The Bertz CT molecular complexity index is 393. The second kappa shape index (κ2) is 5.55. The van der Waals surface area contributed by atoms with E-state index in [1.165, 1.54) is 31.5 Å². The molecule has 0 bridgehead atoms. The van der Waals surface area contributed by atoms with Crippen LogP contribution in [0.4, 0.5) is 0 Å². The van der Waals surface area contributed by atoms with Crippen molar-refractivity contribution < 1.29 is 0 Å². The molecular formula is C14H22ClN3. The zero-order chi connectivity index (χ0) is 11.8. The fourth-order valence-electron chi connectivity index (χ4n) is 3.38. The van der Waals surface area contributed by atoms with Crippen molar-refractivity contribution in [2.45, 2.75) is 32.4 Å². The third kappa shape index (κ3) is 2.68. The summed E-state index contributed by atoms with van der Waals surface area (Å²) >= 11 is 0. The summed E-state index contributed by atoms with van der Waals surface area (Å²) in [6.45, 7) is 5.47. The number of aromatic nitrogens is 1. The Morgan fingerprint density at radius 3 is 2.83 bits per heavy atom. The zero-order valence-electron chi connectivity index (χ0n) is 10.9. The SMILES string of the molecule is Cc1ccc(CN2CC3CCC(N)C3C2)cn1.Cl. The molecule has 3 atom stereocenters. The predicted molar refractivity (Wildman–Crippen MR) is 75.7 cm³/mol. The Hall–Kier alpha value is -0.640. The van der Waals surface area contributed by atoms with E-state index in [4.69, 9.17) is 5.73 Å². The lowest BCUT2D eigenvalue weighted by molar-refractivity contribution is 0.298. The van der Waals surface area contributed by atoms with Crippen LogP contribution in [-0.2, 0) is 6.54 Å². The fourth-order valence-corrected chi connectivity index (χ4v) is 3.38. The normalized spacial score (nSPS) is 31.1. The van der Waals surface area contributed by atoms with E-state index >= 15 is 0 Å². The molecule has 1 aliphatic heterocycles. The molecule has 1 saturated carbocycles. The van der Waals surface area contributed by atoms with E-state index in [1.807, 2.05) is 13.1 Å². The van der Waals surface area contributed by atoms with Gasteiger partial charge in [-0.15, -0.1) is 12.4 Å². The molecule has 3 rings (SSSR count). The molecule has 100 valence electrons. The summed E-state index contributed by atoms with van der Waals surface area (Å²) in [5.41, 5.74) is 8.57. The highest BCUT2D eigenvalue weighted by Crippen LogP contribution is 2.37. The largest absolute Gasteiger partial charge is 0.327 e. The smallest absolute Gasteiger partial charge is 0.0372 e. The third-order valence-corrected chi connectivity index (χ3v) is 4.37. The van der Waals surface area contributed by atoms with Gasteiger partial charge in [-0.2, -0.15) is 0 Å². The number of hydrogen-bond acceptors (Lipinski definition) is 3. The molecule has 2 aliphatic rings. The molecule has 2 N–H and O–H groups in total. The lowest BCUT2D eigenvalue weighted by Gasteiger charge is -2.18. The van der Waals surface area contributed by atoms with E-state index < -0.39 is 0 Å². The van der Waals surface area contributed by atoms with Crippen molar-refractivity contribution in [1.29, 1.82) is 0 Å². The molecule has 2 heterocycles. The Balaban J connectivity index is 0.00000120. The van der Waals surface area contributed by atoms with E-state index in [2.05, 4.69) is 22.0 Å². The average Bonchev–Trinajstić information content (AvgIpc) is 2.85. The van der Waals surface area contributed by atoms with E-state index in [1.54, 1.807) is 0 Å². The Kier molecular flexibility index (Phi) is 4.25. The Morgan fingerprint density at radius 1 is 1.33 bits per heavy atom. The molecule has 4 heteroatoms. The van der Waals surface area contributed by atoms with E-state index in [9.17, 15) is 0 Å². The highest BCUT2D eigenvalue weighted by molar-refractivity contribution is 5.85. The average molecular weight is 268 g/mol. The van der Waals surface area contributed by atoms with Gasteiger partial charge >= 0.3 is 0 Å². The molecular weight excluding hydrogens is 246 g/mol. The first-order valence-electron chi connectivity index (χ1n) is 6.62. The van der Waals surface area contributed by atoms with E-state index in [-0.39, 0.29) is 12.4 Å². The second-order valence-corrected chi connectivity index (χ2v) is 5.67. The van der Waals surface area contributed by atoms with Crippen molar-refractivity contribution >= 4 is 12.4 Å². The molecule has 1 aliphatic carbocycles. The minimum absolute atomic E-state index is 0. The van der Waals surface area contributed by atoms with Gasteiger partial charge in [0.25, 0.3) is 0 Å². The van der Waals surface area contributed by atoms with Crippen LogP contribution in [0.5, 0.6) is 0 Å². The van der Waals surface area contributed by atoms with Crippen molar-refractivity contribution in [1.82, 2.24) is 9.88 Å². The number of fused-ring (bicyclic) bond motifs is 1. The minimum atomic E-state index is 0. The van der Waals surface area contributed by atoms with Gasteiger partial charge in [0, 0.05) is 37.6 Å². The first-order valence-corrected chi connectivity index (χ1v) is 6.62.